The summed E-state index contributed by atoms with van der Waals surface area (Å²) in [5.74, 6) is -4.01. The number of halogens is 2. The Morgan fingerprint density at radius 1 is 1.43 bits per heavy atom. The van der Waals surface area contributed by atoms with Crippen molar-refractivity contribution in [1.29, 1.82) is 0 Å². The monoisotopic (exact) mass is 327 g/mol. The highest BCUT2D eigenvalue weighted by Crippen LogP contribution is 2.31. The molecule has 0 aliphatic heterocycles. The van der Waals surface area contributed by atoms with E-state index in [1.165, 1.54) is 6.92 Å². The summed E-state index contributed by atoms with van der Waals surface area (Å²) >= 11 is 0. The standard InChI is InChI=1S/C15H15F2NO5/c1-7-8-5-10(16)14(22-4-2-3-18)12(17)13(8)23-15(21)9(7)6-11(19)20/h5H,2-4,6,18H2,1H3,(H,19,20). The van der Waals surface area contributed by atoms with Gasteiger partial charge < -0.3 is 20.0 Å². The van der Waals surface area contributed by atoms with Gasteiger partial charge in [0, 0.05) is 5.39 Å². The third-order valence-electron chi connectivity index (χ3n) is 3.35. The minimum absolute atomic E-state index is 0.0101. The van der Waals surface area contributed by atoms with E-state index in [-0.39, 0.29) is 23.1 Å². The van der Waals surface area contributed by atoms with Crippen molar-refractivity contribution in [2.75, 3.05) is 13.2 Å². The predicted molar refractivity (Wildman–Crippen MR) is 77.6 cm³/mol. The van der Waals surface area contributed by atoms with Crippen molar-refractivity contribution < 1.29 is 27.8 Å². The van der Waals surface area contributed by atoms with Crippen LogP contribution in [0.3, 0.4) is 0 Å². The van der Waals surface area contributed by atoms with E-state index in [1.807, 2.05) is 0 Å². The minimum atomic E-state index is -1.25. The molecular weight excluding hydrogens is 312 g/mol. The molecule has 1 aromatic heterocycles. The van der Waals surface area contributed by atoms with Crippen molar-refractivity contribution in [3.8, 4) is 5.75 Å². The highest BCUT2D eigenvalue weighted by atomic mass is 19.1. The van der Waals surface area contributed by atoms with E-state index >= 15 is 0 Å². The molecule has 3 N–H and O–H groups in total. The van der Waals surface area contributed by atoms with Crippen LogP contribution >= 0.6 is 0 Å². The summed E-state index contributed by atoms with van der Waals surface area (Å²) in [6, 6.07) is 0.958. The lowest BCUT2D eigenvalue weighted by molar-refractivity contribution is -0.136. The summed E-state index contributed by atoms with van der Waals surface area (Å²) in [5, 5.41) is 8.79. The number of fused-ring (bicyclic) bond motifs is 1. The zero-order chi connectivity index (χ0) is 17.1. The van der Waals surface area contributed by atoms with Crippen LogP contribution in [0.2, 0.25) is 0 Å². The van der Waals surface area contributed by atoms with E-state index in [0.29, 0.717) is 13.0 Å². The number of carboxylic acid groups (broad SMARTS) is 1. The number of hydrogen-bond acceptors (Lipinski definition) is 5. The zero-order valence-corrected chi connectivity index (χ0v) is 12.3. The Hall–Kier alpha value is -2.48. The second-order valence-corrected chi connectivity index (χ2v) is 4.93. The number of benzene rings is 1. The number of carbonyl (C=O) groups is 1. The van der Waals surface area contributed by atoms with Crippen LogP contribution in [0.1, 0.15) is 17.5 Å². The van der Waals surface area contributed by atoms with E-state index < -0.39 is 41.0 Å². The van der Waals surface area contributed by atoms with E-state index in [1.54, 1.807) is 0 Å². The van der Waals surface area contributed by atoms with Crippen molar-refractivity contribution in [1.82, 2.24) is 0 Å². The third-order valence-corrected chi connectivity index (χ3v) is 3.35. The number of aliphatic carboxylic acids is 1. The van der Waals surface area contributed by atoms with Gasteiger partial charge in [-0.1, -0.05) is 0 Å². The lowest BCUT2D eigenvalue weighted by Crippen LogP contribution is -2.15. The largest absolute Gasteiger partial charge is 0.487 e. The fourth-order valence-corrected chi connectivity index (χ4v) is 2.18. The first-order valence-electron chi connectivity index (χ1n) is 6.85. The Balaban J connectivity index is 2.62. The molecule has 0 radical (unpaired) electrons. The Kier molecular flexibility index (Phi) is 4.95. The molecule has 8 heteroatoms. The fraction of sp³-hybridized carbons (Fsp3) is 0.333. The van der Waals surface area contributed by atoms with Crippen molar-refractivity contribution in [3.05, 3.63) is 39.2 Å². The van der Waals surface area contributed by atoms with Gasteiger partial charge in [0.25, 0.3) is 0 Å². The molecule has 0 saturated heterocycles. The molecule has 23 heavy (non-hydrogen) atoms. The van der Waals surface area contributed by atoms with Crippen LogP contribution in [0.5, 0.6) is 5.75 Å². The predicted octanol–water partition coefficient (Wildman–Crippen LogP) is 1.73. The van der Waals surface area contributed by atoms with Crippen LogP contribution in [0.25, 0.3) is 11.0 Å². The van der Waals surface area contributed by atoms with Crippen LogP contribution in [-0.2, 0) is 11.2 Å². The molecular formula is C15H15F2NO5. The van der Waals surface area contributed by atoms with Crippen LogP contribution in [-0.4, -0.2) is 24.2 Å². The molecule has 0 unspecified atom stereocenters. The summed E-state index contributed by atoms with van der Waals surface area (Å²) in [7, 11) is 0. The molecule has 6 nitrogen and oxygen atoms in total. The van der Waals surface area contributed by atoms with Gasteiger partial charge in [-0.2, -0.15) is 4.39 Å². The minimum Gasteiger partial charge on any atom is -0.487 e. The van der Waals surface area contributed by atoms with Crippen molar-refractivity contribution >= 4 is 16.9 Å². The highest BCUT2D eigenvalue weighted by Gasteiger charge is 2.22. The molecule has 0 bridgehead atoms. The second-order valence-electron chi connectivity index (χ2n) is 4.93. The van der Waals surface area contributed by atoms with Crippen molar-refractivity contribution in [2.24, 2.45) is 5.73 Å². The molecule has 0 fully saturated rings. The van der Waals surface area contributed by atoms with Gasteiger partial charge in [0.05, 0.1) is 18.6 Å². The number of aryl methyl sites for hydroxylation is 1. The molecule has 1 aromatic carbocycles. The lowest BCUT2D eigenvalue weighted by atomic mass is 10.0. The van der Waals surface area contributed by atoms with E-state index in [0.717, 1.165) is 6.07 Å². The fourth-order valence-electron chi connectivity index (χ4n) is 2.18. The van der Waals surface area contributed by atoms with Gasteiger partial charge >= 0.3 is 11.6 Å². The SMILES string of the molecule is Cc1c(CC(=O)O)c(=O)oc2c(F)c(OCCCN)c(F)cc12. The third kappa shape index (κ3) is 3.31. The molecule has 124 valence electrons. The number of nitrogens with two attached hydrogens (primary N) is 1. The van der Waals surface area contributed by atoms with E-state index in [4.69, 9.17) is 20.0 Å². The Morgan fingerprint density at radius 2 is 2.13 bits per heavy atom. The normalized spacial score (nSPS) is 11.0. The second kappa shape index (κ2) is 6.74. The van der Waals surface area contributed by atoms with Gasteiger partial charge in [-0.3, -0.25) is 4.79 Å². The molecule has 0 aliphatic rings. The Labute approximate surface area is 129 Å². The molecule has 0 spiro atoms. The number of rotatable bonds is 6. The summed E-state index contributed by atoms with van der Waals surface area (Å²) in [4.78, 5) is 22.6. The molecule has 0 atom stereocenters. The highest BCUT2D eigenvalue weighted by molar-refractivity contribution is 5.84. The first-order chi connectivity index (χ1) is 10.9. The van der Waals surface area contributed by atoms with Gasteiger partial charge in [0.1, 0.15) is 0 Å². The van der Waals surface area contributed by atoms with Gasteiger partial charge in [-0.05, 0) is 31.5 Å². The zero-order valence-electron chi connectivity index (χ0n) is 12.3. The molecule has 0 amide bonds. The summed E-state index contributed by atoms with van der Waals surface area (Å²) in [5.41, 5.74) is 3.84. The number of carboxylic acids is 1. The van der Waals surface area contributed by atoms with Crippen LogP contribution in [0.4, 0.5) is 8.78 Å². The van der Waals surface area contributed by atoms with E-state index in [9.17, 15) is 18.4 Å². The first kappa shape index (κ1) is 16.9. The maximum Gasteiger partial charge on any atom is 0.340 e. The Morgan fingerprint density at radius 3 is 2.74 bits per heavy atom. The Bertz CT molecular complexity index is 816. The molecule has 0 saturated carbocycles. The molecule has 2 rings (SSSR count). The number of ether oxygens (including phenoxy) is 1. The van der Waals surface area contributed by atoms with Gasteiger partial charge in [0.2, 0.25) is 5.82 Å². The summed E-state index contributed by atoms with van der Waals surface area (Å²) in [6.45, 7) is 1.71. The summed E-state index contributed by atoms with van der Waals surface area (Å²) in [6.07, 6.45) is -0.195. The first-order valence-corrected chi connectivity index (χ1v) is 6.85. The number of hydrogen-bond donors (Lipinski definition) is 2. The van der Waals surface area contributed by atoms with Gasteiger partial charge in [0.15, 0.2) is 17.1 Å². The summed E-state index contributed by atoms with van der Waals surface area (Å²) < 4.78 is 38.3. The van der Waals surface area contributed by atoms with Crippen molar-refractivity contribution in [2.45, 2.75) is 19.8 Å². The average Bonchev–Trinajstić information content (AvgIpc) is 2.48. The topological polar surface area (TPSA) is 103 Å². The molecule has 0 aliphatic carbocycles. The molecule has 2 aromatic rings. The smallest absolute Gasteiger partial charge is 0.340 e. The van der Waals surface area contributed by atoms with Crippen LogP contribution in [0.15, 0.2) is 15.3 Å². The van der Waals surface area contributed by atoms with Gasteiger partial charge in [-0.15, -0.1) is 0 Å². The van der Waals surface area contributed by atoms with E-state index in [2.05, 4.69) is 0 Å². The lowest BCUT2D eigenvalue weighted by Gasteiger charge is -2.11. The maximum absolute atomic E-state index is 14.4. The maximum atomic E-state index is 14.4. The van der Waals surface area contributed by atoms with Gasteiger partial charge in [-0.25, -0.2) is 9.18 Å². The molecule has 1 heterocycles. The average molecular weight is 327 g/mol. The van der Waals surface area contributed by atoms with Crippen LogP contribution in [0, 0.1) is 18.6 Å². The van der Waals surface area contributed by atoms with Crippen molar-refractivity contribution in [3.63, 3.8) is 0 Å². The van der Waals surface area contributed by atoms with Crippen LogP contribution < -0.4 is 16.1 Å². The quantitative estimate of drug-likeness (QED) is 0.619.